The lowest BCUT2D eigenvalue weighted by Gasteiger charge is -2.25. The number of Topliss-reactive ketones (excluding diaryl/α,β-unsaturated/α-hetero) is 1. The minimum atomic E-state index is -0.756. The fraction of sp³-hybridized carbons (Fsp3) is 0.172. The first-order valence-corrected chi connectivity index (χ1v) is 11.3. The van der Waals surface area contributed by atoms with Crippen LogP contribution in [-0.4, -0.2) is 42.0 Å². The van der Waals surface area contributed by atoms with Crippen LogP contribution in [0, 0.1) is 0 Å². The Morgan fingerprint density at radius 1 is 1.00 bits per heavy atom. The van der Waals surface area contributed by atoms with Crippen LogP contribution in [0.5, 0.6) is 11.5 Å². The van der Waals surface area contributed by atoms with Crippen molar-refractivity contribution in [2.75, 3.05) is 20.3 Å². The average Bonchev–Trinajstić information content (AvgIpc) is 3.16. The summed E-state index contributed by atoms with van der Waals surface area (Å²) in [5.41, 5.74) is 2.20. The number of carbonyl (C=O) groups excluding carboxylic acids is 2. The molecule has 1 N–H and O–H groups in total. The first-order valence-electron chi connectivity index (χ1n) is 11.3. The molecule has 0 aliphatic carbocycles. The highest BCUT2D eigenvalue weighted by Gasteiger charge is 2.45. The van der Waals surface area contributed by atoms with E-state index < -0.39 is 17.7 Å². The van der Waals surface area contributed by atoms with Crippen molar-refractivity contribution < 1.29 is 24.2 Å². The number of methoxy groups -OCH3 is 1. The number of aliphatic hydroxyl groups excluding tert-OH is 1. The molecule has 35 heavy (non-hydrogen) atoms. The van der Waals surface area contributed by atoms with E-state index in [0.29, 0.717) is 42.2 Å². The Labute approximate surface area is 204 Å². The van der Waals surface area contributed by atoms with Gasteiger partial charge in [-0.05, 0) is 53.9 Å². The minimum absolute atomic E-state index is 0.0501. The average molecular weight is 470 g/mol. The van der Waals surface area contributed by atoms with Gasteiger partial charge in [0.25, 0.3) is 11.7 Å². The van der Waals surface area contributed by atoms with Gasteiger partial charge in [0.1, 0.15) is 23.9 Å². The number of hydrogen-bond acceptors (Lipinski definition) is 5. The van der Waals surface area contributed by atoms with Crippen LogP contribution in [0.15, 0.2) is 97.1 Å². The first kappa shape index (κ1) is 23.8. The highest BCUT2D eigenvalue weighted by atomic mass is 16.5. The number of carbonyl (C=O) groups is 2. The summed E-state index contributed by atoms with van der Waals surface area (Å²) in [5, 5.41) is 11.2. The molecule has 0 saturated carbocycles. The predicted molar refractivity (Wildman–Crippen MR) is 134 cm³/mol. The third kappa shape index (κ3) is 5.11. The van der Waals surface area contributed by atoms with Gasteiger partial charge in [0.05, 0.1) is 18.7 Å². The van der Waals surface area contributed by atoms with Crippen LogP contribution in [0.3, 0.4) is 0 Å². The fourth-order valence-corrected chi connectivity index (χ4v) is 4.19. The minimum Gasteiger partial charge on any atom is -0.507 e. The van der Waals surface area contributed by atoms with Crippen LogP contribution in [0.4, 0.5) is 0 Å². The molecular weight excluding hydrogens is 442 g/mol. The van der Waals surface area contributed by atoms with Gasteiger partial charge in [-0.1, -0.05) is 55.1 Å². The molecule has 6 heteroatoms. The fourth-order valence-electron chi connectivity index (χ4n) is 4.19. The molecule has 3 aromatic carbocycles. The largest absolute Gasteiger partial charge is 0.507 e. The predicted octanol–water partition coefficient (Wildman–Crippen LogP) is 4.92. The number of ketones is 1. The maximum absolute atomic E-state index is 13.2. The molecule has 1 aliphatic heterocycles. The molecule has 4 rings (SSSR count). The molecular formula is C29H27NO5. The quantitative estimate of drug-likeness (QED) is 0.208. The third-order valence-electron chi connectivity index (χ3n) is 5.93. The van der Waals surface area contributed by atoms with E-state index in [1.165, 1.54) is 4.90 Å². The molecule has 1 heterocycles. The molecule has 1 saturated heterocycles. The second-order valence-corrected chi connectivity index (χ2v) is 8.13. The molecule has 1 fully saturated rings. The lowest BCUT2D eigenvalue weighted by atomic mass is 9.95. The summed E-state index contributed by atoms with van der Waals surface area (Å²) in [7, 11) is 1.55. The summed E-state index contributed by atoms with van der Waals surface area (Å²) in [6, 6.07) is 22.9. The van der Waals surface area contributed by atoms with Crippen molar-refractivity contribution >= 4 is 17.4 Å². The number of nitrogens with zero attached hydrogens (tertiary/aromatic N) is 1. The number of likely N-dealkylation sites (tertiary alicyclic amines) is 1. The number of rotatable bonds is 9. The van der Waals surface area contributed by atoms with Crippen molar-refractivity contribution in [2.45, 2.75) is 12.5 Å². The number of aliphatic hydroxyl groups is 1. The van der Waals surface area contributed by atoms with E-state index in [-0.39, 0.29) is 11.3 Å². The zero-order valence-electron chi connectivity index (χ0n) is 19.5. The first-order chi connectivity index (χ1) is 17.0. The van der Waals surface area contributed by atoms with Crippen LogP contribution in [-0.2, 0) is 16.0 Å². The van der Waals surface area contributed by atoms with Crippen molar-refractivity contribution in [3.05, 3.63) is 114 Å². The van der Waals surface area contributed by atoms with Crippen molar-refractivity contribution in [3.63, 3.8) is 0 Å². The monoisotopic (exact) mass is 469 g/mol. The van der Waals surface area contributed by atoms with Gasteiger partial charge in [0.15, 0.2) is 0 Å². The Bertz CT molecular complexity index is 1250. The van der Waals surface area contributed by atoms with Gasteiger partial charge >= 0.3 is 0 Å². The van der Waals surface area contributed by atoms with E-state index in [9.17, 15) is 14.7 Å². The van der Waals surface area contributed by atoms with E-state index >= 15 is 0 Å². The maximum atomic E-state index is 13.2. The van der Waals surface area contributed by atoms with E-state index in [1.54, 1.807) is 55.7 Å². The number of ether oxygens (including phenoxy) is 2. The molecule has 1 atom stereocenters. The molecule has 3 aromatic rings. The van der Waals surface area contributed by atoms with Crippen LogP contribution in [0.2, 0.25) is 0 Å². The van der Waals surface area contributed by atoms with Crippen LogP contribution in [0.1, 0.15) is 22.7 Å². The molecule has 1 aliphatic rings. The Morgan fingerprint density at radius 2 is 1.74 bits per heavy atom. The Morgan fingerprint density at radius 3 is 2.43 bits per heavy atom. The Balaban J connectivity index is 1.78. The smallest absolute Gasteiger partial charge is 0.295 e. The van der Waals surface area contributed by atoms with Gasteiger partial charge in [0, 0.05) is 12.1 Å². The molecule has 6 nitrogen and oxygen atoms in total. The molecule has 1 unspecified atom stereocenters. The number of hydrogen-bond donors (Lipinski definition) is 1. The number of amides is 1. The summed E-state index contributed by atoms with van der Waals surface area (Å²) in [4.78, 5) is 27.9. The van der Waals surface area contributed by atoms with E-state index in [4.69, 9.17) is 9.47 Å². The van der Waals surface area contributed by atoms with Gasteiger partial charge in [0.2, 0.25) is 0 Å². The molecule has 178 valence electrons. The second kappa shape index (κ2) is 10.7. The zero-order valence-corrected chi connectivity index (χ0v) is 19.5. The van der Waals surface area contributed by atoms with Crippen LogP contribution < -0.4 is 9.47 Å². The normalized spacial score (nSPS) is 16.8. The van der Waals surface area contributed by atoms with Crippen molar-refractivity contribution in [3.8, 4) is 11.5 Å². The van der Waals surface area contributed by atoms with Gasteiger partial charge in [-0.3, -0.25) is 9.59 Å². The van der Waals surface area contributed by atoms with Gasteiger partial charge in [-0.15, -0.1) is 0 Å². The van der Waals surface area contributed by atoms with Crippen molar-refractivity contribution in [1.29, 1.82) is 0 Å². The molecule has 0 aromatic heterocycles. The topological polar surface area (TPSA) is 76.1 Å². The standard InChI is InChI=1S/C29H27NO5/c1-3-18-35-24-11-7-10-22(19-24)26-25(27(31)21-12-14-23(34-2)15-13-21)28(32)29(33)30(26)17-16-20-8-5-4-6-9-20/h3-15,19,26,31H,1,16-18H2,2H3/b27-25+. The summed E-state index contributed by atoms with van der Waals surface area (Å²) < 4.78 is 10.9. The van der Waals surface area contributed by atoms with E-state index in [1.807, 2.05) is 36.4 Å². The molecule has 0 bridgehead atoms. The summed E-state index contributed by atoms with van der Waals surface area (Å²) in [6.45, 7) is 4.31. The van der Waals surface area contributed by atoms with Gasteiger partial charge in [-0.2, -0.15) is 0 Å². The van der Waals surface area contributed by atoms with Crippen LogP contribution in [0.25, 0.3) is 5.76 Å². The third-order valence-corrected chi connectivity index (χ3v) is 5.93. The summed E-state index contributed by atoms with van der Waals surface area (Å²) >= 11 is 0. The van der Waals surface area contributed by atoms with Crippen molar-refractivity contribution in [2.24, 2.45) is 0 Å². The number of benzene rings is 3. The SMILES string of the molecule is C=CCOc1cccc(C2/C(=C(\O)c3ccc(OC)cc3)C(=O)C(=O)N2CCc2ccccc2)c1. The Hall–Kier alpha value is -4.32. The highest BCUT2D eigenvalue weighted by molar-refractivity contribution is 6.46. The lowest BCUT2D eigenvalue weighted by molar-refractivity contribution is -0.139. The van der Waals surface area contributed by atoms with Crippen LogP contribution >= 0.6 is 0 Å². The van der Waals surface area contributed by atoms with E-state index in [0.717, 1.165) is 5.56 Å². The lowest BCUT2D eigenvalue weighted by Crippen LogP contribution is -2.31. The summed E-state index contributed by atoms with van der Waals surface area (Å²) in [5.74, 6) is -0.378. The Kier molecular flexibility index (Phi) is 7.31. The van der Waals surface area contributed by atoms with Gasteiger partial charge in [-0.25, -0.2) is 0 Å². The molecule has 0 radical (unpaired) electrons. The zero-order chi connectivity index (χ0) is 24.8. The van der Waals surface area contributed by atoms with E-state index in [2.05, 4.69) is 6.58 Å². The van der Waals surface area contributed by atoms with Gasteiger partial charge < -0.3 is 19.5 Å². The highest BCUT2D eigenvalue weighted by Crippen LogP contribution is 2.40. The summed E-state index contributed by atoms with van der Waals surface area (Å²) in [6.07, 6.45) is 2.21. The second-order valence-electron chi connectivity index (χ2n) is 8.13. The molecule has 1 amide bonds. The van der Waals surface area contributed by atoms with Crippen molar-refractivity contribution in [1.82, 2.24) is 4.90 Å². The molecule has 0 spiro atoms. The maximum Gasteiger partial charge on any atom is 0.295 e.